The van der Waals surface area contributed by atoms with Crippen LogP contribution in [-0.2, 0) is 0 Å². The zero-order chi connectivity index (χ0) is 19.8. The van der Waals surface area contributed by atoms with Gasteiger partial charge in [-0.05, 0) is 48.5 Å². The Labute approximate surface area is 165 Å². The smallest absolute Gasteiger partial charge is 0.261 e. The fraction of sp³-hybridized carbons (Fsp3) is 0.0476. The van der Waals surface area contributed by atoms with Gasteiger partial charge >= 0.3 is 0 Å². The quantitative estimate of drug-likeness (QED) is 0.654. The van der Waals surface area contributed by atoms with Gasteiger partial charge in [-0.3, -0.25) is 9.59 Å². The summed E-state index contributed by atoms with van der Waals surface area (Å²) >= 11 is 5.73. The van der Waals surface area contributed by atoms with Gasteiger partial charge in [-0.2, -0.15) is 0 Å². The van der Waals surface area contributed by atoms with E-state index in [9.17, 15) is 14.0 Å². The molecule has 0 aliphatic carbocycles. The zero-order valence-corrected chi connectivity index (χ0v) is 15.5. The summed E-state index contributed by atoms with van der Waals surface area (Å²) < 4.78 is 19.8. The molecule has 1 N–H and O–H groups in total. The minimum Gasteiger partial charge on any atom is -0.454 e. The molecule has 0 saturated carbocycles. The summed E-state index contributed by atoms with van der Waals surface area (Å²) in [5, 5.41) is 2.74. The fourth-order valence-corrected chi connectivity index (χ4v) is 3.09. The molecule has 0 bridgehead atoms. The molecule has 1 aliphatic heterocycles. The molecule has 28 heavy (non-hydrogen) atoms. The van der Waals surface area contributed by atoms with E-state index in [-0.39, 0.29) is 22.2 Å². The molecule has 140 valence electrons. The highest BCUT2D eigenvalue weighted by molar-refractivity contribution is 6.30. The largest absolute Gasteiger partial charge is 0.454 e. The van der Waals surface area contributed by atoms with Gasteiger partial charge in [-0.25, -0.2) is 4.39 Å². The van der Waals surface area contributed by atoms with Crippen LogP contribution in [0.2, 0.25) is 5.02 Å². The Morgan fingerprint density at radius 1 is 1.07 bits per heavy atom. The second-order valence-corrected chi connectivity index (χ2v) is 6.66. The van der Waals surface area contributed by atoms with Crippen LogP contribution in [0.3, 0.4) is 0 Å². The van der Waals surface area contributed by atoms with Crippen LogP contribution in [0.4, 0.5) is 15.8 Å². The Bertz CT molecular complexity index is 1120. The predicted molar refractivity (Wildman–Crippen MR) is 105 cm³/mol. The maximum atomic E-state index is 13.9. The van der Waals surface area contributed by atoms with Gasteiger partial charge in [0.1, 0.15) is 11.6 Å². The summed E-state index contributed by atoms with van der Waals surface area (Å²) in [6.07, 6.45) is 0. The first kappa shape index (κ1) is 18.0. The Morgan fingerprint density at radius 3 is 2.64 bits per heavy atom. The van der Waals surface area contributed by atoms with Crippen LogP contribution < -0.4 is 15.0 Å². The van der Waals surface area contributed by atoms with Crippen molar-refractivity contribution >= 4 is 34.8 Å². The van der Waals surface area contributed by atoms with Gasteiger partial charge in [-0.15, -0.1) is 0 Å². The third-order valence-corrected chi connectivity index (χ3v) is 4.64. The maximum absolute atomic E-state index is 13.9. The molecule has 4 rings (SSSR count). The summed E-state index contributed by atoms with van der Waals surface area (Å²) in [5.74, 6) is -0.530. The summed E-state index contributed by atoms with van der Waals surface area (Å²) in [4.78, 5) is 26.7. The molecule has 7 heteroatoms. The summed E-state index contributed by atoms with van der Waals surface area (Å²) in [7, 11) is 1.60. The molecular formula is C21H14ClFN2O3. The molecule has 3 aromatic carbocycles. The number of hydrogen-bond acceptors (Lipinski definition) is 3. The molecular weight excluding hydrogens is 383 g/mol. The lowest BCUT2D eigenvalue weighted by atomic mass is 10.1. The van der Waals surface area contributed by atoms with Gasteiger partial charge in [0.05, 0.1) is 16.9 Å². The highest BCUT2D eigenvalue weighted by Gasteiger charge is 2.26. The lowest BCUT2D eigenvalue weighted by Crippen LogP contribution is -2.25. The molecule has 5 nitrogen and oxygen atoms in total. The van der Waals surface area contributed by atoms with Crippen molar-refractivity contribution in [3.05, 3.63) is 82.6 Å². The van der Waals surface area contributed by atoms with E-state index < -0.39 is 11.7 Å². The zero-order valence-electron chi connectivity index (χ0n) is 14.7. The van der Waals surface area contributed by atoms with Crippen molar-refractivity contribution in [2.24, 2.45) is 0 Å². The summed E-state index contributed by atoms with van der Waals surface area (Å²) in [5.41, 5.74) is 1.13. The van der Waals surface area contributed by atoms with Gasteiger partial charge < -0.3 is 15.0 Å². The third-order valence-electron chi connectivity index (χ3n) is 4.40. The Balaban J connectivity index is 1.67. The molecule has 1 heterocycles. The first-order valence-corrected chi connectivity index (χ1v) is 8.77. The lowest BCUT2D eigenvalue weighted by molar-refractivity contribution is 0.0989. The van der Waals surface area contributed by atoms with Gasteiger partial charge in [-0.1, -0.05) is 23.7 Å². The number of carbonyl (C=O) groups excluding carboxylic acids is 2. The number of amides is 2. The molecule has 0 spiro atoms. The van der Waals surface area contributed by atoms with Gasteiger partial charge in [0, 0.05) is 17.6 Å². The Kier molecular flexibility index (Phi) is 4.49. The number of rotatable bonds is 2. The van der Waals surface area contributed by atoms with E-state index in [1.807, 2.05) is 0 Å². The number of para-hydroxylation sites is 1. The minimum absolute atomic E-state index is 0.0115. The highest BCUT2D eigenvalue weighted by atomic mass is 35.5. The van der Waals surface area contributed by atoms with Gasteiger partial charge in [0.25, 0.3) is 11.8 Å². The number of ether oxygens (including phenoxy) is 1. The molecule has 0 aromatic heterocycles. The van der Waals surface area contributed by atoms with Crippen molar-refractivity contribution in [1.29, 1.82) is 0 Å². The third kappa shape index (κ3) is 3.18. The van der Waals surface area contributed by atoms with Crippen LogP contribution >= 0.6 is 11.6 Å². The average molecular weight is 397 g/mol. The molecule has 3 aromatic rings. The van der Waals surface area contributed by atoms with Crippen molar-refractivity contribution in [3.63, 3.8) is 0 Å². The lowest BCUT2D eigenvalue weighted by Gasteiger charge is -2.17. The van der Waals surface area contributed by atoms with Crippen molar-refractivity contribution in [3.8, 4) is 11.5 Å². The minimum atomic E-state index is -0.637. The molecule has 2 amide bonds. The predicted octanol–water partition coefficient (Wildman–Crippen LogP) is 5.11. The Morgan fingerprint density at radius 2 is 1.86 bits per heavy atom. The molecule has 0 radical (unpaired) electrons. The van der Waals surface area contributed by atoms with Crippen LogP contribution in [-0.4, -0.2) is 18.9 Å². The monoisotopic (exact) mass is 396 g/mol. The van der Waals surface area contributed by atoms with Gasteiger partial charge in [0.2, 0.25) is 0 Å². The van der Waals surface area contributed by atoms with E-state index in [4.69, 9.17) is 16.3 Å². The molecule has 0 saturated heterocycles. The van der Waals surface area contributed by atoms with E-state index in [0.717, 1.165) is 6.07 Å². The standard InChI is InChI=1S/C21H14ClFN2O3/c1-25-17-10-12(20(26)24-16-8-7-13(22)11-15(16)23)6-9-19(17)28-18-5-3-2-4-14(18)21(25)27/h2-11H,1H3,(H,24,26). The van der Waals surface area contributed by atoms with Crippen LogP contribution in [0.15, 0.2) is 60.7 Å². The Hall–Kier alpha value is -3.38. The molecule has 0 atom stereocenters. The van der Waals surface area contributed by atoms with Crippen molar-refractivity contribution in [2.75, 3.05) is 17.3 Å². The van der Waals surface area contributed by atoms with E-state index in [2.05, 4.69) is 5.32 Å². The van der Waals surface area contributed by atoms with E-state index in [1.54, 1.807) is 43.4 Å². The fourth-order valence-electron chi connectivity index (χ4n) is 2.93. The molecule has 1 aliphatic rings. The first-order chi connectivity index (χ1) is 13.4. The SMILES string of the molecule is CN1C(=O)c2ccccc2Oc2ccc(C(=O)Nc3ccc(Cl)cc3F)cc21. The number of anilines is 2. The van der Waals surface area contributed by atoms with Crippen LogP contribution in [0.25, 0.3) is 0 Å². The molecule has 0 fully saturated rings. The van der Waals surface area contributed by atoms with Crippen molar-refractivity contribution in [2.45, 2.75) is 0 Å². The van der Waals surface area contributed by atoms with E-state index >= 15 is 0 Å². The summed E-state index contributed by atoms with van der Waals surface area (Å²) in [6, 6.07) is 15.6. The number of benzene rings is 3. The van der Waals surface area contributed by atoms with Crippen LogP contribution in [0.5, 0.6) is 11.5 Å². The number of fused-ring (bicyclic) bond motifs is 2. The van der Waals surface area contributed by atoms with E-state index in [1.165, 1.54) is 23.1 Å². The topological polar surface area (TPSA) is 58.6 Å². The first-order valence-electron chi connectivity index (χ1n) is 8.39. The second kappa shape index (κ2) is 6.98. The average Bonchev–Trinajstić information content (AvgIpc) is 2.79. The number of nitrogens with zero attached hydrogens (tertiary/aromatic N) is 1. The number of nitrogens with one attached hydrogen (secondary N) is 1. The highest BCUT2D eigenvalue weighted by Crippen LogP contribution is 2.38. The number of hydrogen-bond donors (Lipinski definition) is 1. The van der Waals surface area contributed by atoms with Gasteiger partial charge in [0.15, 0.2) is 5.75 Å². The maximum Gasteiger partial charge on any atom is 0.261 e. The normalized spacial score (nSPS) is 12.5. The summed E-state index contributed by atoms with van der Waals surface area (Å²) in [6.45, 7) is 0. The van der Waals surface area contributed by atoms with Crippen molar-refractivity contribution in [1.82, 2.24) is 0 Å². The number of carbonyl (C=O) groups is 2. The molecule has 0 unspecified atom stereocenters. The van der Waals surface area contributed by atoms with Crippen LogP contribution in [0.1, 0.15) is 20.7 Å². The van der Waals surface area contributed by atoms with Crippen LogP contribution in [0, 0.1) is 5.82 Å². The van der Waals surface area contributed by atoms with Crippen molar-refractivity contribution < 1.29 is 18.7 Å². The second-order valence-electron chi connectivity index (χ2n) is 6.22. The number of halogens is 2. The van der Waals surface area contributed by atoms with E-state index in [0.29, 0.717) is 22.7 Å².